The van der Waals surface area contributed by atoms with Gasteiger partial charge in [-0.2, -0.15) is 0 Å². The molecule has 0 aromatic heterocycles. The summed E-state index contributed by atoms with van der Waals surface area (Å²) in [4.78, 5) is 0. The minimum absolute atomic E-state index is 0.109. The van der Waals surface area contributed by atoms with Crippen LogP contribution in [0.2, 0.25) is 0 Å². The highest BCUT2D eigenvalue weighted by molar-refractivity contribution is 5.67. The lowest BCUT2D eigenvalue weighted by atomic mass is 10.1. The van der Waals surface area contributed by atoms with Gasteiger partial charge in [0.25, 0.3) is 0 Å². The number of nitrogen functional groups attached to an aromatic ring is 1. The second-order valence-corrected chi connectivity index (χ2v) is 4.08. The van der Waals surface area contributed by atoms with Gasteiger partial charge >= 0.3 is 0 Å². The van der Waals surface area contributed by atoms with Crippen LogP contribution in [0.3, 0.4) is 0 Å². The number of hydrogen-bond acceptors (Lipinski definition) is 2. The maximum absolute atomic E-state index is 13.0. The molecule has 0 spiro atoms. The zero-order valence-corrected chi connectivity index (χ0v) is 8.19. The summed E-state index contributed by atoms with van der Waals surface area (Å²) in [5.41, 5.74) is 6.27. The number of nitrogens with two attached hydrogens (primary N) is 1. The lowest BCUT2D eigenvalue weighted by molar-refractivity contribution is 0.622. The predicted octanol–water partition coefficient (Wildman–Crippen LogP) is 2.62. The summed E-state index contributed by atoms with van der Waals surface area (Å²) in [6.45, 7) is 5.99. The predicted molar refractivity (Wildman–Crippen MR) is 54.2 cm³/mol. The van der Waals surface area contributed by atoms with Gasteiger partial charge in [0.1, 0.15) is 5.82 Å². The van der Waals surface area contributed by atoms with Crippen molar-refractivity contribution in [1.29, 1.82) is 0 Å². The molecule has 72 valence electrons. The monoisotopic (exact) mass is 182 g/mol. The first-order chi connectivity index (χ1) is 5.90. The molecule has 0 amide bonds. The van der Waals surface area contributed by atoms with E-state index in [2.05, 4.69) is 5.32 Å². The Bertz CT molecular complexity index is 302. The fraction of sp³-hybridized carbons (Fsp3) is 0.400. The summed E-state index contributed by atoms with van der Waals surface area (Å²) in [5, 5.41) is 3.13. The Morgan fingerprint density at radius 1 is 1.31 bits per heavy atom. The van der Waals surface area contributed by atoms with Gasteiger partial charge in [0.2, 0.25) is 0 Å². The first-order valence-electron chi connectivity index (χ1n) is 4.22. The van der Waals surface area contributed by atoms with Gasteiger partial charge in [-0.05, 0) is 32.9 Å². The minimum Gasteiger partial charge on any atom is -0.395 e. The molecule has 0 atom stereocenters. The molecule has 13 heavy (non-hydrogen) atoms. The first kappa shape index (κ1) is 9.84. The van der Waals surface area contributed by atoms with E-state index in [-0.39, 0.29) is 17.0 Å². The van der Waals surface area contributed by atoms with E-state index < -0.39 is 0 Å². The van der Waals surface area contributed by atoms with Crippen LogP contribution < -0.4 is 11.1 Å². The molecule has 1 aromatic rings. The van der Waals surface area contributed by atoms with Crippen LogP contribution in [0.1, 0.15) is 20.8 Å². The first-order valence-corrected chi connectivity index (χ1v) is 4.22. The molecule has 1 rings (SSSR count). The molecule has 2 nitrogen and oxygen atoms in total. The third-order valence-corrected chi connectivity index (χ3v) is 1.56. The maximum Gasteiger partial charge on any atom is 0.148 e. The van der Waals surface area contributed by atoms with E-state index in [1.165, 1.54) is 6.07 Å². The number of para-hydroxylation sites is 1. The van der Waals surface area contributed by atoms with E-state index in [4.69, 9.17) is 5.73 Å². The van der Waals surface area contributed by atoms with Crippen LogP contribution in [-0.4, -0.2) is 5.54 Å². The summed E-state index contributed by atoms with van der Waals surface area (Å²) in [7, 11) is 0. The van der Waals surface area contributed by atoms with Gasteiger partial charge in [-0.15, -0.1) is 0 Å². The summed E-state index contributed by atoms with van der Waals surface area (Å²) in [6, 6.07) is 4.76. The second kappa shape index (κ2) is 3.24. The number of benzene rings is 1. The second-order valence-electron chi connectivity index (χ2n) is 4.08. The van der Waals surface area contributed by atoms with Crippen LogP contribution in [0.25, 0.3) is 0 Å². The molecule has 0 aliphatic heterocycles. The topological polar surface area (TPSA) is 38.0 Å². The standard InChI is InChI=1S/C10H15FN2/c1-10(2,3)13-8-6-4-5-7(11)9(8)12/h4-6,13H,12H2,1-3H3. The van der Waals surface area contributed by atoms with Crippen molar-refractivity contribution in [3.8, 4) is 0 Å². The Hall–Kier alpha value is -1.25. The van der Waals surface area contributed by atoms with Crippen molar-refractivity contribution in [3.05, 3.63) is 24.0 Å². The normalized spacial score (nSPS) is 11.4. The molecule has 3 N–H and O–H groups in total. The van der Waals surface area contributed by atoms with Crippen LogP contribution in [0.15, 0.2) is 18.2 Å². The lowest BCUT2D eigenvalue weighted by Gasteiger charge is -2.23. The molecule has 1 aromatic carbocycles. The van der Waals surface area contributed by atoms with Gasteiger partial charge in [-0.25, -0.2) is 4.39 Å². The van der Waals surface area contributed by atoms with E-state index in [1.54, 1.807) is 12.1 Å². The van der Waals surface area contributed by atoms with Crippen molar-refractivity contribution in [2.75, 3.05) is 11.1 Å². The highest BCUT2D eigenvalue weighted by Crippen LogP contribution is 2.24. The van der Waals surface area contributed by atoms with Crippen molar-refractivity contribution in [2.24, 2.45) is 0 Å². The maximum atomic E-state index is 13.0. The Morgan fingerprint density at radius 2 is 1.92 bits per heavy atom. The van der Waals surface area contributed by atoms with E-state index in [0.29, 0.717) is 5.69 Å². The van der Waals surface area contributed by atoms with Crippen molar-refractivity contribution in [3.63, 3.8) is 0 Å². The Labute approximate surface area is 77.9 Å². The number of anilines is 2. The zero-order valence-electron chi connectivity index (χ0n) is 8.19. The highest BCUT2D eigenvalue weighted by atomic mass is 19.1. The summed E-state index contributed by atoms with van der Waals surface area (Å²) >= 11 is 0. The average Bonchev–Trinajstić information content (AvgIpc) is 1.96. The molecule has 0 aliphatic carbocycles. The van der Waals surface area contributed by atoms with E-state index >= 15 is 0 Å². The third kappa shape index (κ3) is 2.61. The van der Waals surface area contributed by atoms with Crippen molar-refractivity contribution < 1.29 is 4.39 Å². The highest BCUT2D eigenvalue weighted by Gasteiger charge is 2.12. The largest absolute Gasteiger partial charge is 0.395 e. The van der Waals surface area contributed by atoms with Gasteiger partial charge in [0.05, 0.1) is 11.4 Å². The Balaban J connectivity index is 2.96. The SMILES string of the molecule is CC(C)(C)Nc1cccc(F)c1N. The van der Waals surface area contributed by atoms with Crippen LogP contribution in [0, 0.1) is 5.82 Å². The fourth-order valence-electron chi connectivity index (χ4n) is 1.05. The minimum atomic E-state index is -0.380. The van der Waals surface area contributed by atoms with Gasteiger partial charge in [-0.1, -0.05) is 6.07 Å². The Morgan fingerprint density at radius 3 is 2.46 bits per heavy atom. The van der Waals surface area contributed by atoms with E-state index in [0.717, 1.165) is 0 Å². The molecular weight excluding hydrogens is 167 g/mol. The van der Waals surface area contributed by atoms with Crippen LogP contribution >= 0.6 is 0 Å². The molecule has 0 saturated carbocycles. The van der Waals surface area contributed by atoms with E-state index in [9.17, 15) is 4.39 Å². The van der Waals surface area contributed by atoms with Crippen LogP contribution in [0.4, 0.5) is 15.8 Å². The molecule has 0 radical (unpaired) electrons. The number of hydrogen-bond donors (Lipinski definition) is 2. The molecule has 0 heterocycles. The smallest absolute Gasteiger partial charge is 0.148 e. The molecule has 0 bridgehead atoms. The van der Waals surface area contributed by atoms with Crippen molar-refractivity contribution in [2.45, 2.75) is 26.3 Å². The molecule has 0 fully saturated rings. The van der Waals surface area contributed by atoms with E-state index in [1.807, 2.05) is 20.8 Å². The van der Waals surface area contributed by atoms with Gasteiger partial charge < -0.3 is 11.1 Å². The van der Waals surface area contributed by atoms with Gasteiger partial charge in [-0.3, -0.25) is 0 Å². The van der Waals surface area contributed by atoms with Crippen molar-refractivity contribution >= 4 is 11.4 Å². The lowest BCUT2D eigenvalue weighted by Crippen LogP contribution is -2.26. The molecular formula is C10H15FN2. The summed E-state index contributed by atoms with van der Waals surface area (Å²) < 4.78 is 13.0. The van der Waals surface area contributed by atoms with Gasteiger partial charge in [0.15, 0.2) is 0 Å². The quantitative estimate of drug-likeness (QED) is 0.655. The zero-order chi connectivity index (χ0) is 10.1. The molecule has 0 aliphatic rings. The average molecular weight is 182 g/mol. The third-order valence-electron chi connectivity index (χ3n) is 1.56. The van der Waals surface area contributed by atoms with Crippen LogP contribution in [-0.2, 0) is 0 Å². The molecule has 0 unspecified atom stereocenters. The Kier molecular flexibility index (Phi) is 2.45. The summed E-state index contributed by atoms with van der Waals surface area (Å²) in [6.07, 6.45) is 0. The summed E-state index contributed by atoms with van der Waals surface area (Å²) in [5.74, 6) is -0.380. The number of rotatable bonds is 1. The number of halogens is 1. The van der Waals surface area contributed by atoms with Gasteiger partial charge in [0, 0.05) is 5.54 Å². The number of nitrogens with one attached hydrogen (secondary N) is 1. The molecule has 3 heteroatoms. The molecule has 0 saturated heterocycles. The van der Waals surface area contributed by atoms with Crippen molar-refractivity contribution in [1.82, 2.24) is 0 Å². The van der Waals surface area contributed by atoms with Crippen LogP contribution in [0.5, 0.6) is 0 Å². The fourth-order valence-corrected chi connectivity index (χ4v) is 1.05.